The van der Waals surface area contributed by atoms with E-state index in [1.54, 1.807) is 29.8 Å². The average Bonchev–Trinajstić information content (AvgIpc) is 3.46. The lowest BCUT2D eigenvalue weighted by atomic mass is 10.1. The zero-order chi connectivity index (χ0) is 21.0. The summed E-state index contributed by atoms with van der Waals surface area (Å²) in [4.78, 5) is 14.0. The maximum atomic E-state index is 9.46. The second kappa shape index (κ2) is 8.45. The van der Waals surface area contributed by atoms with Crippen LogP contribution in [0.4, 0.5) is 17.5 Å². The van der Waals surface area contributed by atoms with Crippen LogP contribution < -0.4 is 10.6 Å². The van der Waals surface area contributed by atoms with Crippen molar-refractivity contribution in [2.24, 2.45) is 0 Å². The SMILES string of the molecule is Oc1ccc(CCNc2nc(Nc3ccccc3)nc3c2ncn3-c2ccsc2)cc1. The zero-order valence-corrected chi connectivity index (χ0v) is 17.4. The Balaban J connectivity index is 1.47. The Morgan fingerprint density at radius 2 is 1.81 bits per heavy atom. The van der Waals surface area contributed by atoms with Crippen LogP contribution in [-0.4, -0.2) is 31.2 Å². The van der Waals surface area contributed by atoms with E-state index in [4.69, 9.17) is 4.98 Å². The molecule has 5 rings (SSSR count). The topological polar surface area (TPSA) is 87.9 Å². The van der Waals surface area contributed by atoms with E-state index in [1.165, 1.54) is 0 Å². The van der Waals surface area contributed by atoms with Crippen molar-refractivity contribution in [1.82, 2.24) is 19.5 Å². The molecule has 0 atom stereocenters. The molecule has 0 radical (unpaired) electrons. The molecule has 0 spiro atoms. The monoisotopic (exact) mass is 428 g/mol. The Bertz CT molecular complexity index is 1280. The third kappa shape index (κ3) is 4.19. The Kier molecular flexibility index (Phi) is 5.20. The minimum atomic E-state index is 0.268. The van der Waals surface area contributed by atoms with Crippen molar-refractivity contribution in [1.29, 1.82) is 0 Å². The first-order chi connectivity index (χ1) is 15.3. The van der Waals surface area contributed by atoms with E-state index in [2.05, 4.69) is 26.0 Å². The van der Waals surface area contributed by atoms with Gasteiger partial charge in [-0.3, -0.25) is 4.57 Å². The molecule has 7 nitrogen and oxygen atoms in total. The standard InChI is InChI=1S/C23H20N6OS/c30-19-8-6-16(7-9-19)10-12-24-21-20-22(29(15-25-20)18-11-13-31-14-18)28-23(27-21)26-17-4-2-1-3-5-17/h1-9,11,13-15,30H,10,12H2,(H2,24,26,27,28). The molecule has 3 N–H and O–H groups in total. The highest BCUT2D eigenvalue weighted by Crippen LogP contribution is 2.26. The van der Waals surface area contributed by atoms with Crippen LogP contribution in [0, 0.1) is 0 Å². The van der Waals surface area contributed by atoms with Crippen LogP contribution in [0.2, 0.25) is 0 Å². The fraction of sp³-hybridized carbons (Fsp3) is 0.0870. The highest BCUT2D eigenvalue weighted by atomic mass is 32.1. The molecule has 0 saturated heterocycles. The van der Waals surface area contributed by atoms with Gasteiger partial charge in [0, 0.05) is 17.6 Å². The van der Waals surface area contributed by atoms with Crippen molar-refractivity contribution in [2.75, 3.05) is 17.2 Å². The third-order valence-electron chi connectivity index (χ3n) is 4.85. The van der Waals surface area contributed by atoms with Crippen LogP contribution in [0.3, 0.4) is 0 Å². The zero-order valence-electron chi connectivity index (χ0n) is 16.6. The van der Waals surface area contributed by atoms with Crippen LogP contribution in [0.25, 0.3) is 16.9 Å². The summed E-state index contributed by atoms with van der Waals surface area (Å²) < 4.78 is 1.97. The first kappa shape index (κ1) is 19.1. The van der Waals surface area contributed by atoms with Gasteiger partial charge in [0.2, 0.25) is 5.95 Å². The van der Waals surface area contributed by atoms with E-state index in [9.17, 15) is 5.11 Å². The molecule has 5 aromatic rings. The van der Waals surface area contributed by atoms with E-state index in [-0.39, 0.29) is 5.75 Å². The maximum absolute atomic E-state index is 9.46. The third-order valence-corrected chi connectivity index (χ3v) is 5.52. The normalized spacial score (nSPS) is 11.0. The van der Waals surface area contributed by atoms with E-state index in [0.717, 1.165) is 34.5 Å². The molecule has 0 unspecified atom stereocenters. The molecule has 0 saturated carbocycles. The number of imidazole rings is 1. The van der Waals surface area contributed by atoms with E-state index in [0.29, 0.717) is 18.3 Å². The van der Waals surface area contributed by atoms with Crippen LogP contribution in [0.5, 0.6) is 5.75 Å². The Hall–Kier alpha value is -3.91. The first-order valence-electron chi connectivity index (χ1n) is 9.88. The second-order valence-corrected chi connectivity index (χ2v) is 7.78. The smallest absolute Gasteiger partial charge is 0.231 e. The molecule has 0 amide bonds. The number of aromatic hydroxyl groups is 1. The van der Waals surface area contributed by atoms with Crippen molar-refractivity contribution < 1.29 is 5.11 Å². The Morgan fingerprint density at radius 1 is 0.968 bits per heavy atom. The number of benzene rings is 2. The minimum absolute atomic E-state index is 0.268. The predicted molar refractivity (Wildman–Crippen MR) is 125 cm³/mol. The number of anilines is 3. The lowest BCUT2D eigenvalue weighted by molar-refractivity contribution is 0.475. The lowest BCUT2D eigenvalue weighted by Crippen LogP contribution is -2.09. The number of hydrogen-bond acceptors (Lipinski definition) is 7. The second-order valence-electron chi connectivity index (χ2n) is 7.00. The van der Waals surface area contributed by atoms with Crippen molar-refractivity contribution in [3.05, 3.63) is 83.3 Å². The summed E-state index contributed by atoms with van der Waals surface area (Å²) in [6.45, 7) is 0.674. The van der Waals surface area contributed by atoms with Crippen molar-refractivity contribution in [3.63, 3.8) is 0 Å². The van der Waals surface area contributed by atoms with Gasteiger partial charge in [-0.05, 0) is 47.7 Å². The van der Waals surface area contributed by atoms with Gasteiger partial charge in [0.05, 0.1) is 5.69 Å². The number of para-hydroxylation sites is 1. The summed E-state index contributed by atoms with van der Waals surface area (Å²) in [7, 11) is 0. The van der Waals surface area contributed by atoms with Gasteiger partial charge in [0.15, 0.2) is 17.0 Å². The number of nitrogens with zero attached hydrogens (tertiary/aromatic N) is 4. The molecule has 0 bridgehead atoms. The number of thiophene rings is 1. The van der Waals surface area contributed by atoms with E-state index >= 15 is 0 Å². The average molecular weight is 429 g/mol. The molecule has 3 heterocycles. The summed E-state index contributed by atoms with van der Waals surface area (Å²) >= 11 is 1.63. The highest BCUT2D eigenvalue weighted by molar-refractivity contribution is 7.08. The van der Waals surface area contributed by atoms with Gasteiger partial charge in [-0.15, -0.1) is 0 Å². The molecule has 31 heavy (non-hydrogen) atoms. The molecule has 2 aromatic carbocycles. The van der Waals surface area contributed by atoms with Gasteiger partial charge in [-0.1, -0.05) is 30.3 Å². The highest BCUT2D eigenvalue weighted by Gasteiger charge is 2.15. The lowest BCUT2D eigenvalue weighted by Gasteiger charge is -2.11. The fourth-order valence-corrected chi connectivity index (χ4v) is 3.93. The number of aromatic nitrogens is 4. The predicted octanol–water partition coefficient (Wildman–Crippen LogP) is 4.98. The number of phenols is 1. The van der Waals surface area contributed by atoms with Crippen LogP contribution >= 0.6 is 11.3 Å². The number of nitrogens with one attached hydrogen (secondary N) is 2. The summed E-state index contributed by atoms with van der Waals surface area (Å²) in [5, 5.41) is 20.2. The van der Waals surface area contributed by atoms with Crippen molar-refractivity contribution >= 4 is 40.0 Å². The maximum Gasteiger partial charge on any atom is 0.231 e. The molecule has 0 aliphatic rings. The van der Waals surface area contributed by atoms with Gasteiger partial charge < -0.3 is 15.7 Å². The summed E-state index contributed by atoms with van der Waals surface area (Å²) in [6, 6.07) is 19.1. The molecule has 154 valence electrons. The fourth-order valence-electron chi connectivity index (χ4n) is 3.30. The van der Waals surface area contributed by atoms with Crippen LogP contribution in [-0.2, 0) is 6.42 Å². The molecule has 8 heteroatoms. The van der Waals surface area contributed by atoms with Gasteiger partial charge in [0.1, 0.15) is 12.1 Å². The first-order valence-corrected chi connectivity index (χ1v) is 10.8. The molecule has 0 fully saturated rings. The molecule has 3 aromatic heterocycles. The Morgan fingerprint density at radius 3 is 2.58 bits per heavy atom. The van der Waals surface area contributed by atoms with Crippen LogP contribution in [0.15, 0.2) is 77.8 Å². The molecule has 0 aliphatic heterocycles. The largest absolute Gasteiger partial charge is 0.508 e. The van der Waals surface area contributed by atoms with Crippen molar-refractivity contribution in [3.8, 4) is 11.4 Å². The Labute approximate surface area is 183 Å². The summed E-state index contributed by atoms with van der Waals surface area (Å²) in [5.74, 6) is 1.45. The van der Waals surface area contributed by atoms with E-state index < -0.39 is 0 Å². The number of hydrogen-bond donors (Lipinski definition) is 3. The number of fused-ring (bicyclic) bond motifs is 1. The van der Waals surface area contributed by atoms with Gasteiger partial charge in [-0.25, -0.2) is 4.98 Å². The van der Waals surface area contributed by atoms with Gasteiger partial charge >= 0.3 is 0 Å². The summed E-state index contributed by atoms with van der Waals surface area (Å²) in [6.07, 6.45) is 2.57. The van der Waals surface area contributed by atoms with Gasteiger partial charge in [-0.2, -0.15) is 21.3 Å². The van der Waals surface area contributed by atoms with Gasteiger partial charge in [0.25, 0.3) is 0 Å². The number of rotatable bonds is 7. The van der Waals surface area contributed by atoms with Crippen LogP contribution in [0.1, 0.15) is 5.56 Å². The number of phenolic OH excluding ortho intramolecular Hbond substituents is 1. The van der Waals surface area contributed by atoms with Crippen molar-refractivity contribution in [2.45, 2.75) is 6.42 Å². The van der Waals surface area contributed by atoms with E-state index in [1.807, 2.05) is 58.5 Å². The minimum Gasteiger partial charge on any atom is -0.508 e. The summed E-state index contributed by atoms with van der Waals surface area (Å²) in [5.41, 5.74) is 4.52. The molecular formula is C23H20N6OS. The molecule has 0 aliphatic carbocycles. The molecular weight excluding hydrogens is 408 g/mol. The quantitative estimate of drug-likeness (QED) is 0.339.